The highest BCUT2D eigenvalue weighted by atomic mass is 31.1. The lowest BCUT2D eigenvalue weighted by atomic mass is 9.88. The van der Waals surface area contributed by atoms with Gasteiger partial charge in [-0.05, 0) is 62.7 Å². The number of rotatable bonds is 0. The van der Waals surface area contributed by atoms with Crippen LogP contribution >= 0.6 is 15.8 Å². The highest BCUT2D eigenvalue weighted by Crippen LogP contribution is 2.70. The predicted octanol–water partition coefficient (Wildman–Crippen LogP) is 4.55. The smallest absolute Gasteiger partial charge is 0.163 e. The van der Waals surface area contributed by atoms with Gasteiger partial charge in [0.15, 0.2) is 5.79 Å². The van der Waals surface area contributed by atoms with Gasteiger partial charge < -0.3 is 14.2 Å². The van der Waals surface area contributed by atoms with Crippen molar-refractivity contribution in [2.75, 3.05) is 0 Å². The fourth-order valence-electron chi connectivity index (χ4n) is 7.25. The maximum atomic E-state index is 6.65. The van der Waals surface area contributed by atoms with Crippen LogP contribution in [0.4, 0.5) is 0 Å². The minimum Gasteiger partial charge on any atom is -0.371 e. The summed E-state index contributed by atoms with van der Waals surface area (Å²) < 4.78 is 19.7. The van der Waals surface area contributed by atoms with Crippen LogP contribution < -0.4 is 10.6 Å². The van der Waals surface area contributed by atoms with Crippen LogP contribution in [0.5, 0.6) is 0 Å². The van der Waals surface area contributed by atoms with Crippen LogP contribution in [-0.4, -0.2) is 52.3 Å². The van der Waals surface area contributed by atoms with Crippen LogP contribution in [0.1, 0.15) is 54.4 Å². The van der Waals surface area contributed by atoms with Crippen LogP contribution in [0.2, 0.25) is 0 Å². The molecule has 6 rings (SSSR count). The number of fused-ring (bicyclic) bond motifs is 9. The van der Waals surface area contributed by atoms with E-state index in [1.165, 1.54) is 12.8 Å². The molecule has 2 unspecified atom stereocenters. The highest BCUT2D eigenvalue weighted by Gasteiger charge is 2.63. The monoisotopic (exact) mass is 432 g/mol. The van der Waals surface area contributed by atoms with Crippen molar-refractivity contribution >= 4 is 26.5 Å². The first-order valence-electron chi connectivity index (χ1n) is 11.4. The van der Waals surface area contributed by atoms with E-state index >= 15 is 0 Å². The summed E-state index contributed by atoms with van der Waals surface area (Å²) in [7, 11) is -0.448. The Balaban J connectivity index is 1.47. The van der Waals surface area contributed by atoms with Crippen LogP contribution in [0, 0.1) is 5.92 Å². The third kappa shape index (κ3) is 2.74. The molecule has 5 heterocycles. The summed E-state index contributed by atoms with van der Waals surface area (Å²) in [6.45, 7) is 13.7. The van der Waals surface area contributed by atoms with Crippen LogP contribution in [-0.2, 0) is 14.2 Å². The maximum Gasteiger partial charge on any atom is 0.163 e. The Morgan fingerprint density at radius 3 is 2.07 bits per heavy atom. The molecule has 5 aliphatic rings. The Hall–Kier alpha value is -0.0400. The number of ether oxygens (including phenoxy) is 3. The quantitative estimate of drug-likeness (QED) is 0.563. The van der Waals surface area contributed by atoms with Crippen molar-refractivity contribution in [3.63, 3.8) is 0 Å². The second kappa shape index (κ2) is 6.26. The van der Waals surface area contributed by atoms with Gasteiger partial charge in [0, 0.05) is 17.0 Å². The lowest BCUT2D eigenvalue weighted by Gasteiger charge is -2.30. The molecule has 0 aliphatic carbocycles. The van der Waals surface area contributed by atoms with Crippen molar-refractivity contribution in [3.05, 3.63) is 24.3 Å². The first kappa shape index (κ1) is 19.6. The van der Waals surface area contributed by atoms with Crippen LogP contribution in [0.15, 0.2) is 24.3 Å². The van der Waals surface area contributed by atoms with Gasteiger partial charge in [-0.25, -0.2) is 0 Å². The molecular formula is C24H34O3P2. The van der Waals surface area contributed by atoms with Gasteiger partial charge in [0.1, 0.15) is 0 Å². The van der Waals surface area contributed by atoms with Crippen molar-refractivity contribution < 1.29 is 14.2 Å². The van der Waals surface area contributed by atoms with E-state index in [1.807, 2.05) is 0 Å². The SMILES string of the molecule is C[C@H]1[C@H]2OC(C)(C)C[C@@H]2[C@@H]2C[C@H]3[C@H]4OC(C)(C)O[C@@H]4[C@H](C)P3c3ccccc3P12. The van der Waals surface area contributed by atoms with E-state index in [4.69, 9.17) is 14.2 Å². The molecule has 1 aromatic carbocycles. The lowest BCUT2D eigenvalue weighted by molar-refractivity contribution is -0.147. The summed E-state index contributed by atoms with van der Waals surface area (Å²) >= 11 is 0. The minimum atomic E-state index is -0.439. The molecule has 0 bridgehead atoms. The summed E-state index contributed by atoms with van der Waals surface area (Å²) in [5.74, 6) is 0.268. The molecule has 0 saturated carbocycles. The largest absolute Gasteiger partial charge is 0.371 e. The number of hydrogen-bond acceptors (Lipinski definition) is 3. The van der Waals surface area contributed by atoms with E-state index in [-0.39, 0.29) is 33.7 Å². The average molecular weight is 432 g/mol. The molecule has 10 atom stereocenters. The molecule has 5 aliphatic heterocycles. The Kier molecular flexibility index (Phi) is 4.24. The molecule has 5 heteroatoms. The maximum absolute atomic E-state index is 6.65. The molecule has 0 N–H and O–H groups in total. The van der Waals surface area contributed by atoms with Crippen molar-refractivity contribution in [1.29, 1.82) is 0 Å². The zero-order chi connectivity index (χ0) is 20.3. The van der Waals surface area contributed by atoms with Gasteiger partial charge in [0.05, 0.1) is 23.9 Å². The normalized spacial score (nSPS) is 51.0. The predicted molar refractivity (Wildman–Crippen MR) is 122 cm³/mol. The fourth-order valence-corrected chi connectivity index (χ4v) is 15.4. The lowest BCUT2D eigenvalue weighted by Crippen LogP contribution is -2.32. The number of hydrogen-bond donors (Lipinski definition) is 0. The Morgan fingerprint density at radius 1 is 0.793 bits per heavy atom. The van der Waals surface area contributed by atoms with Crippen molar-refractivity contribution in [2.45, 2.75) is 107 Å². The van der Waals surface area contributed by atoms with Crippen molar-refractivity contribution in [1.82, 2.24) is 0 Å². The average Bonchev–Trinajstić information content (AvgIpc) is 3.24. The summed E-state index contributed by atoms with van der Waals surface area (Å²) in [4.78, 5) is 0. The Morgan fingerprint density at radius 2 is 1.38 bits per heavy atom. The third-order valence-electron chi connectivity index (χ3n) is 8.11. The molecule has 29 heavy (non-hydrogen) atoms. The molecule has 0 spiro atoms. The van der Waals surface area contributed by atoms with E-state index in [0.29, 0.717) is 29.0 Å². The summed E-state index contributed by atoms with van der Waals surface area (Å²) in [6, 6.07) is 9.46. The molecule has 0 radical (unpaired) electrons. The van der Waals surface area contributed by atoms with Gasteiger partial charge in [0.2, 0.25) is 0 Å². The van der Waals surface area contributed by atoms with E-state index in [9.17, 15) is 0 Å². The van der Waals surface area contributed by atoms with Gasteiger partial charge in [-0.1, -0.05) is 54.0 Å². The Labute approximate surface area is 177 Å². The van der Waals surface area contributed by atoms with E-state index < -0.39 is 5.79 Å². The van der Waals surface area contributed by atoms with E-state index in [2.05, 4.69) is 65.8 Å². The summed E-state index contributed by atoms with van der Waals surface area (Å²) in [5, 5.41) is 3.36. The standard InChI is InChI=1S/C24H34O3P2/c1-13-20-15(12-23(3,4)25-20)18-11-19-22-21(26-24(5,6)27-22)14(2)29(19)17-10-8-7-9-16(17)28(13)18/h7-10,13-15,18-22H,11-12H2,1-6H3/t13-,14-,15+,18-,19-,20+,21+,22+,28?,29?/m0/s1. The first-order chi connectivity index (χ1) is 13.7. The van der Waals surface area contributed by atoms with Gasteiger partial charge >= 0.3 is 0 Å². The molecule has 158 valence electrons. The number of benzene rings is 1. The van der Waals surface area contributed by atoms with Gasteiger partial charge in [0.25, 0.3) is 0 Å². The summed E-state index contributed by atoms with van der Waals surface area (Å²) in [5.41, 5.74) is 2.65. The zero-order valence-corrected chi connectivity index (χ0v) is 20.3. The molecule has 0 aromatic heterocycles. The third-order valence-corrected chi connectivity index (χ3v) is 15.0. The molecule has 3 nitrogen and oxygen atoms in total. The second-order valence-electron chi connectivity index (χ2n) is 10.9. The summed E-state index contributed by atoms with van der Waals surface area (Å²) in [6.07, 6.45) is 3.47. The highest BCUT2D eigenvalue weighted by molar-refractivity contribution is 7.74. The first-order valence-corrected chi connectivity index (χ1v) is 14.3. The fraction of sp³-hybridized carbons (Fsp3) is 0.750. The molecule has 0 amide bonds. The topological polar surface area (TPSA) is 27.7 Å². The van der Waals surface area contributed by atoms with Crippen LogP contribution in [0.25, 0.3) is 0 Å². The van der Waals surface area contributed by atoms with Gasteiger partial charge in [-0.2, -0.15) is 0 Å². The molecule has 1 aromatic rings. The van der Waals surface area contributed by atoms with Crippen molar-refractivity contribution in [3.8, 4) is 0 Å². The van der Waals surface area contributed by atoms with Crippen LogP contribution in [0.3, 0.4) is 0 Å². The second-order valence-corrected chi connectivity index (χ2v) is 16.5. The minimum absolute atomic E-state index is 0.0298. The van der Waals surface area contributed by atoms with Gasteiger partial charge in [-0.15, -0.1) is 0 Å². The van der Waals surface area contributed by atoms with E-state index in [0.717, 1.165) is 5.66 Å². The van der Waals surface area contributed by atoms with Crippen molar-refractivity contribution in [2.24, 2.45) is 5.92 Å². The molecular weight excluding hydrogens is 398 g/mol. The Bertz CT molecular complexity index is 772. The zero-order valence-electron chi connectivity index (χ0n) is 18.5. The van der Waals surface area contributed by atoms with Gasteiger partial charge in [-0.3, -0.25) is 0 Å². The van der Waals surface area contributed by atoms with E-state index in [1.54, 1.807) is 10.6 Å². The molecule has 4 saturated heterocycles. The molecule has 4 fully saturated rings.